The summed E-state index contributed by atoms with van der Waals surface area (Å²) in [6, 6.07) is 15.3. The summed E-state index contributed by atoms with van der Waals surface area (Å²) in [5.74, 6) is -1.00. The maximum atomic E-state index is 13.2. The van der Waals surface area contributed by atoms with Crippen LogP contribution in [0.2, 0.25) is 0 Å². The summed E-state index contributed by atoms with van der Waals surface area (Å²) in [7, 11) is 1.56. The molecule has 2 aromatic carbocycles. The summed E-state index contributed by atoms with van der Waals surface area (Å²) >= 11 is 0. The third kappa shape index (κ3) is 3.57. The van der Waals surface area contributed by atoms with Crippen molar-refractivity contribution < 1.29 is 19.4 Å². The van der Waals surface area contributed by atoms with Crippen LogP contribution in [-0.4, -0.2) is 28.9 Å². The Labute approximate surface area is 180 Å². The maximum Gasteiger partial charge on any atom is 0.300 e. The molecule has 0 aliphatic carbocycles. The number of carbonyl (C=O) groups excluding carboxylic acids is 2. The molecule has 1 atom stereocenters. The quantitative estimate of drug-likeness (QED) is 0.390. The monoisotopic (exact) mass is 414 g/mol. The highest BCUT2D eigenvalue weighted by atomic mass is 16.5. The highest BCUT2D eigenvalue weighted by Gasteiger charge is 2.47. The molecule has 0 radical (unpaired) electrons. The van der Waals surface area contributed by atoms with Gasteiger partial charge in [0.25, 0.3) is 11.7 Å². The molecular weight excluding hydrogens is 392 g/mol. The highest BCUT2D eigenvalue weighted by Crippen LogP contribution is 2.42. The number of pyridine rings is 1. The minimum Gasteiger partial charge on any atom is -0.507 e. The molecule has 31 heavy (non-hydrogen) atoms. The highest BCUT2D eigenvalue weighted by molar-refractivity contribution is 6.51. The number of nitrogens with zero attached hydrogens (tertiary/aromatic N) is 2. The molecule has 6 heteroatoms. The number of ether oxygens (including phenoxy) is 1. The number of aliphatic hydroxyl groups excluding tert-OH is 1. The van der Waals surface area contributed by atoms with Crippen LogP contribution in [0.25, 0.3) is 5.76 Å². The second-order valence-electron chi connectivity index (χ2n) is 7.48. The molecule has 156 valence electrons. The van der Waals surface area contributed by atoms with Gasteiger partial charge >= 0.3 is 0 Å². The van der Waals surface area contributed by atoms with E-state index in [-0.39, 0.29) is 11.3 Å². The van der Waals surface area contributed by atoms with E-state index in [0.717, 1.165) is 11.1 Å². The summed E-state index contributed by atoms with van der Waals surface area (Å²) in [5, 5.41) is 11.2. The normalized spacial score (nSPS) is 17.8. The van der Waals surface area contributed by atoms with E-state index in [0.29, 0.717) is 22.6 Å². The van der Waals surface area contributed by atoms with Gasteiger partial charge in [0.15, 0.2) is 0 Å². The number of aliphatic hydroxyl groups is 1. The van der Waals surface area contributed by atoms with Gasteiger partial charge in [0.1, 0.15) is 11.5 Å². The Morgan fingerprint density at radius 1 is 1.06 bits per heavy atom. The Morgan fingerprint density at radius 3 is 2.52 bits per heavy atom. The largest absolute Gasteiger partial charge is 0.507 e. The van der Waals surface area contributed by atoms with E-state index in [2.05, 4.69) is 4.98 Å². The van der Waals surface area contributed by atoms with Crippen molar-refractivity contribution in [2.24, 2.45) is 0 Å². The number of aryl methyl sites for hydroxylation is 2. The van der Waals surface area contributed by atoms with Crippen molar-refractivity contribution in [1.82, 2.24) is 4.98 Å². The lowest BCUT2D eigenvalue weighted by Gasteiger charge is -2.25. The van der Waals surface area contributed by atoms with Crippen molar-refractivity contribution >= 4 is 23.1 Å². The SMILES string of the molecule is COc1ccc(/C(O)=C2/C(=O)C(=O)N(c3cccc(C)c3)C2c2cccnc2)c(C)c1. The van der Waals surface area contributed by atoms with E-state index < -0.39 is 17.7 Å². The fourth-order valence-corrected chi connectivity index (χ4v) is 3.90. The van der Waals surface area contributed by atoms with Gasteiger partial charge in [-0.1, -0.05) is 18.2 Å². The number of aromatic nitrogens is 1. The van der Waals surface area contributed by atoms with Gasteiger partial charge in [0, 0.05) is 23.6 Å². The molecule has 6 nitrogen and oxygen atoms in total. The number of carbonyl (C=O) groups is 2. The standard InChI is InChI=1S/C25H22N2O4/c1-15-6-4-8-18(12-15)27-22(17-7-5-11-26-14-17)21(24(29)25(27)30)23(28)20-10-9-19(31-3)13-16(20)2/h4-14,22,28H,1-3H3/b23-21-. The molecule has 1 fully saturated rings. The van der Waals surface area contributed by atoms with E-state index >= 15 is 0 Å². The van der Waals surface area contributed by atoms with E-state index in [4.69, 9.17) is 4.74 Å². The zero-order valence-corrected chi connectivity index (χ0v) is 17.5. The van der Waals surface area contributed by atoms with Crippen LogP contribution in [0.4, 0.5) is 5.69 Å². The Hall–Kier alpha value is -3.93. The molecule has 4 rings (SSSR count). The molecule has 1 saturated heterocycles. The van der Waals surface area contributed by atoms with Crippen molar-refractivity contribution in [1.29, 1.82) is 0 Å². The predicted octanol–water partition coefficient (Wildman–Crippen LogP) is 4.33. The lowest BCUT2D eigenvalue weighted by atomic mass is 9.94. The van der Waals surface area contributed by atoms with Crippen LogP contribution in [0.5, 0.6) is 5.75 Å². The Bertz CT molecular complexity index is 1200. The smallest absolute Gasteiger partial charge is 0.300 e. The fraction of sp³-hybridized carbons (Fsp3) is 0.160. The van der Waals surface area contributed by atoms with Crippen molar-refractivity contribution in [2.45, 2.75) is 19.9 Å². The van der Waals surface area contributed by atoms with E-state index in [1.54, 1.807) is 55.9 Å². The van der Waals surface area contributed by atoms with Gasteiger partial charge in [-0.3, -0.25) is 19.5 Å². The van der Waals surface area contributed by atoms with Crippen molar-refractivity contribution in [2.75, 3.05) is 12.0 Å². The van der Waals surface area contributed by atoms with Gasteiger partial charge < -0.3 is 9.84 Å². The van der Waals surface area contributed by atoms with Gasteiger partial charge in [-0.05, 0) is 66.9 Å². The minimum absolute atomic E-state index is 0.0350. The van der Waals surface area contributed by atoms with Gasteiger partial charge in [0.2, 0.25) is 0 Å². The molecule has 0 saturated carbocycles. The summed E-state index contributed by atoms with van der Waals surface area (Å²) in [6.07, 6.45) is 3.23. The molecule has 0 spiro atoms. The first-order chi connectivity index (χ1) is 14.9. The van der Waals surface area contributed by atoms with Crippen LogP contribution in [-0.2, 0) is 9.59 Å². The summed E-state index contributed by atoms with van der Waals surface area (Å²) < 4.78 is 5.23. The summed E-state index contributed by atoms with van der Waals surface area (Å²) in [5.41, 5.74) is 3.40. The Morgan fingerprint density at radius 2 is 1.87 bits per heavy atom. The van der Waals surface area contributed by atoms with Crippen molar-refractivity contribution in [3.63, 3.8) is 0 Å². The number of Topliss-reactive ketones (excluding diaryl/α,β-unsaturated/α-hetero) is 1. The zero-order chi connectivity index (χ0) is 22.1. The number of anilines is 1. The molecule has 2 heterocycles. The van der Waals surface area contributed by atoms with Crippen LogP contribution in [0, 0.1) is 13.8 Å². The molecule has 1 aliphatic rings. The molecule has 3 aromatic rings. The predicted molar refractivity (Wildman–Crippen MR) is 118 cm³/mol. The minimum atomic E-state index is -0.794. The third-order valence-corrected chi connectivity index (χ3v) is 5.41. The molecular formula is C25H22N2O4. The first-order valence-electron chi connectivity index (χ1n) is 9.85. The number of amides is 1. The summed E-state index contributed by atoms with van der Waals surface area (Å²) in [4.78, 5) is 31.9. The van der Waals surface area contributed by atoms with Crippen LogP contribution >= 0.6 is 0 Å². The first-order valence-corrected chi connectivity index (χ1v) is 9.85. The molecule has 1 aliphatic heterocycles. The van der Waals surface area contributed by atoms with Crippen LogP contribution in [0.1, 0.15) is 28.3 Å². The molecule has 1 aromatic heterocycles. The van der Waals surface area contributed by atoms with Crippen molar-refractivity contribution in [3.8, 4) is 5.75 Å². The lowest BCUT2D eigenvalue weighted by Crippen LogP contribution is -2.29. The lowest BCUT2D eigenvalue weighted by molar-refractivity contribution is -0.132. The van der Waals surface area contributed by atoms with Crippen LogP contribution in [0.3, 0.4) is 0 Å². The molecule has 1 amide bonds. The van der Waals surface area contributed by atoms with Crippen LogP contribution < -0.4 is 9.64 Å². The number of ketones is 1. The van der Waals surface area contributed by atoms with Gasteiger partial charge in [-0.2, -0.15) is 0 Å². The van der Waals surface area contributed by atoms with Gasteiger partial charge in [-0.25, -0.2) is 0 Å². The average molecular weight is 414 g/mol. The summed E-state index contributed by atoms with van der Waals surface area (Å²) in [6.45, 7) is 3.73. The topological polar surface area (TPSA) is 79.7 Å². The zero-order valence-electron chi connectivity index (χ0n) is 17.5. The number of rotatable bonds is 4. The van der Waals surface area contributed by atoms with Crippen LogP contribution in [0.15, 0.2) is 72.6 Å². The van der Waals surface area contributed by atoms with E-state index in [9.17, 15) is 14.7 Å². The molecule has 0 bridgehead atoms. The fourth-order valence-electron chi connectivity index (χ4n) is 3.90. The number of hydrogen-bond acceptors (Lipinski definition) is 5. The second-order valence-corrected chi connectivity index (χ2v) is 7.48. The Balaban J connectivity index is 1.95. The number of benzene rings is 2. The third-order valence-electron chi connectivity index (χ3n) is 5.41. The molecule has 1 unspecified atom stereocenters. The maximum absolute atomic E-state index is 13.2. The van der Waals surface area contributed by atoms with E-state index in [1.165, 1.54) is 4.90 Å². The number of methoxy groups -OCH3 is 1. The first kappa shape index (κ1) is 20.3. The molecule has 1 N–H and O–H groups in total. The van der Waals surface area contributed by atoms with Gasteiger partial charge in [0.05, 0.1) is 18.7 Å². The van der Waals surface area contributed by atoms with Crippen molar-refractivity contribution in [3.05, 3.63) is 94.8 Å². The van der Waals surface area contributed by atoms with Gasteiger partial charge in [-0.15, -0.1) is 0 Å². The second kappa shape index (κ2) is 8.07. The Kier molecular flexibility index (Phi) is 5.29. The average Bonchev–Trinajstić information content (AvgIpc) is 3.04. The number of hydrogen-bond donors (Lipinski definition) is 1. The van der Waals surface area contributed by atoms with E-state index in [1.807, 2.05) is 32.0 Å².